The maximum Gasteiger partial charge on any atom is 0.229 e. The molecule has 0 amide bonds. The number of nitrogens with one attached hydrogen (secondary N) is 4. The van der Waals surface area contributed by atoms with E-state index in [2.05, 4.69) is 56.0 Å². The van der Waals surface area contributed by atoms with E-state index in [1.165, 1.54) is 5.39 Å². The molecule has 1 aliphatic rings. The number of nitrogens with zero attached hydrogens (tertiary/aromatic N) is 2. The molecular formula is C23H24N6O. The van der Waals surface area contributed by atoms with Gasteiger partial charge in [0.15, 0.2) is 0 Å². The van der Waals surface area contributed by atoms with Gasteiger partial charge >= 0.3 is 0 Å². The molecule has 152 valence electrons. The van der Waals surface area contributed by atoms with E-state index in [0.29, 0.717) is 5.95 Å². The molecule has 0 unspecified atom stereocenters. The van der Waals surface area contributed by atoms with Crippen molar-refractivity contribution in [3.8, 4) is 5.75 Å². The quantitative estimate of drug-likeness (QED) is 0.381. The summed E-state index contributed by atoms with van der Waals surface area (Å²) in [5.74, 6) is 2.10. The fourth-order valence-corrected chi connectivity index (χ4v) is 3.69. The zero-order valence-electron chi connectivity index (χ0n) is 16.8. The minimum atomic E-state index is 0.227. The molecule has 1 aliphatic heterocycles. The third kappa shape index (κ3) is 4.21. The van der Waals surface area contributed by atoms with Crippen LogP contribution in [0.2, 0.25) is 0 Å². The Morgan fingerprint density at radius 3 is 2.87 bits per heavy atom. The number of aromatic amines is 1. The van der Waals surface area contributed by atoms with Crippen LogP contribution in [0.25, 0.3) is 10.9 Å². The average molecular weight is 400 g/mol. The van der Waals surface area contributed by atoms with Crippen LogP contribution in [-0.2, 0) is 0 Å². The predicted molar refractivity (Wildman–Crippen MR) is 120 cm³/mol. The first kappa shape index (κ1) is 18.4. The number of anilines is 4. The van der Waals surface area contributed by atoms with E-state index in [1.54, 1.807) is 6.20 Å². The van der Waals surface area contributed by atoms with Gasteiger partial charge in [-0.1, -0.05) is 6.07 Å². The molecule has 4 N–H and O–H groups in total. The summed E-state index contributed by atoms with van der Waals surface area (Å²) in [7, 11) is 0. The van der Waals surface area contributed by atoms with Crippen molar-refractivity contribution < 1.29 is 4.74 Å². The van der Waals surface area contributed by atoms with Gasteiger partial charge in [-0.05, 0) is 62.4 Å². The Kier molecular flexibility index (Phi) is 4.94. The van der Waals surface area contributed by atoms with Crippen LogP contribution in [0.4, 0.5) is 23.1 Å². The number of hydrogen-bond acceptors (Lipinski definition) is 6. The molecule has 0 spiro atoms. The van der Waals surface area contributed by atoms with Crippen molar-refractivity contribution in [1.29, 1.82) is 0 Å². The third-order valence-electron chi connectivity index (χ3n) is 5.09. The fraction of sp³-hybridized carbons (Fsp3) is 0.217. The van der Waals surface area contributed by atoms with Gasteiger partial charge in [0.1, 0.15) is 17.7 Å². The standard InChI is InChI=1S/C23H24N6O/c1-15-11-16-12-18(5-6-21(16)26-15)27-22-8-10-25-23(29-22)28-17-3-2-4-19(13-17)30-20-7-9-24-14-20/h2-6,8,10-13,20,24,26H,7,9,14H2,1H3,(H2,25,27,28,29)/t20-/m1/s1. The van der Waals surface area contributed by atoms with Crippen LogP contribution in [0.15, 0.2) is 60.8 Å². The number of aryl methyl sites for hydroxylation is 1. The summed E-state index contributed by atoms with van der Waals surface area (Å²) in [5.41, 5.74) is 4.14. The van der Waals surface area contributed by atoms with E-state index in [9.17, 15) is 0 Å². The molecule has 0 radical (unpaired) electrons. The molecule has 1 saturated heterocycles. The number of ether oxygens (including phenoxy) is 1. The lowest BCUT2D eigenvalue weighted by Crippen LogP contribution is -2.19. The van der Waals surface area contributed by atoms with Crippen molar-refractivity contribution in [1.82, 2.24) is 20.3 Å². The first-order valence-electron chi connectivity index (χ1n) is 10.2. The maximum absolute atomic E-state index is 6.04. The van der Waals surface area contributed by atoms with Gasteiger partial charge < -0.3 is 25.7 Å². The molecule has 1 atom stereocenters. The van der Waals surface area contributed by atoms with Crippen LogP contribution in [0.5, 0.6) is 5.75 Å². The van der Waals surface area contributed by atoms with Crippen molar-refractivity contribution in [3.63, 3.8) is 0 Å². The molecule has 0 aliphatic carbocycles. The van der Waals surface area contributed by atoms with E-state index < -0.39 is 0 Å². The molecule has 5 rings (SSSR count). The lowest BCUT2D eigenvalue weighted by molar-refractivity contribution is 0.223. The van der Waals surface area contributed by atoms with Gasteiger partial charge in [-0.25, -0.2) is 4.98 Å². The lowest BCUT2D eigenvalue weighted by atomic mass is 10.2. The van der Waals surface area contributed by atoms with Crippen LogP contribution in [0, 0.1) is 6.92 Å². The van der Waals surface area contributed by atoms with Crippen molar-refractivity contribution in [2.45, 2.75) is 19.4 Å². The van der Waals surface area contributed by atoms with Gasteiger partial charge in [-0.3, -0.25) is 0 Å². The van der Waals surface area contributed by atoms with E-state index >= 15 is 0 Å². The highest BCUT2D eigenvalue weighted by Crippen LogP contribution is 2.24. The molecular weight excluding hydrogens is 376 g/mol. The topological polar surface area (TPSA) is 86.9 Å². The molecule has 0 saturated carbocycles. The monoisotopic (exact) mass is 400 g/mol. The fourth-order valence-electron chi connectivity index (χ4n) is 3.69. The summed E-state index contributed by atoms with van der Waals surface area (Å²) in [6.07, 6.45) is 2.99. The summed E-state index contributed by atoms with van der Waals surface area (Å²) in [6, 6.07) is 18.1. The number of benzene rings is 2. The summed E-state index contributed by atoms with van der Waals surface area (Å²) >= 11 is 0. The smallest absolute Gasteiger partial charge is 0.229 e. The summed E-state index contributed by atoms with van der Waals surface area (Å²) < 4.78 is 6.04. The largest absolute Gasteiger partial charge is 0.489 e. The first-order valence-corrected chi connectivity index (χ1v) is 10.2. The second-order valence-electron chi connectivity index (χ2n) is 7.53. The Labute approximate surface area is 174 Å². The van der Waals surface area contributed by atoms with Crippen molar-refractivity contribution in [2.24, 2.45) is 0 Å². The van der Waals surface area contributed by atoms with Gasteiger partial charge in [-0.15, -0.1) is 0 Å². The average Bonchev–Trinajstić information content (AvgIpc) is 3.37. The van der Waals surface area contributed by atoms with Gasteiger partial charge in [0, 0.05) is 46.8 Å². The maximum atomic E-state index is 6.04. The van der Waals surface area contributed by atoms with Gasteiger partial charge in [0.2, 0.25) is 5.95 Å². The number of H-pyrrole nitrogens is 1. The Morgan fingerprint density at radius 1 is 1.03 bits per heavy atom. The van der Waals surface area contributed by atoms with Crippen LogP contribution < -0.4 is 20.7 Å². The number of hydrogen-bond donors (Lipinski definition) is 4. The lowest BCUT2D eigenvalue weighted by Gasteiger charge is -2.14. The molecule has 2 aromatic heterocycles. The molecule has 7 heteroatoms. The Balaban J connectivity index is 1.29. The van der Waals surface area contributed by atoms with E-state index in [1.807, 2.05) is 36.4 Å². The highest BCUT2D eigenvalue weighted by Gasteiger charge is 2.15. The molecule has 2 aromatic carbocycles. The first-order chi connectivity index (χ1) is 14.7. The van der Waals surface area contributed by atoms with Crippen LogP contribution >= 0.6 is 0 Å². The highest BCUT2D eigenvalue weighted by molar-refractivity contribution is 5.84. The highest BCUT2D eigenvalue weighted by atomic mass is 16.5. The summed E-state index contributed by atoms with van der Waals surface area (Å²) in [6.45, 7) is 3.95. The Bertz CT molecular complexity index is 1170. The van der Waals surface area contributed by atoms with Gasteiger partial charge in [0.05, 0.1) is 0 Å². The number of aromatic nitrogens is 3. The third-order valence-corrected chi connectivity index (χ3v) is 5.09. The Hall–Kier alpha value is -3.58. The van der Waals surface area contributed by atoms with Crippen LogP contribution in [0.1, 0.15) is 12.1 Å². The van der Waals surface area contributed by atoms with Crippen LogP contribution in [-0.4, -0.2) is 34.1 Å². The second-order valence-corrected chi connectivity index (χ2v) is 7.53. The normalized spacial score (nSPS) is 16.0. The Morgan fingerprint density at radius 2 is 1.97 bits per heavy atom. The minimum absolute atomic E-state index is 0.227. The van der Waals surface area contributed by atoms with Gasteiger partial charge in [0.25, 0.3) is 0 Å². The zero-order valence-corrected chi connectivity index (χ0v) is 16.8. The molecule has 7 nitrogen and oxygen atoms in total. The van der Waals surface area contributed by atoms with Gasteiger partial charge in [-0.2, -0.15) is 4.98 Å². The summed E-state index contributed by atoms with van der Waals surface area (Å²) in [5, 5.41) is 11.1. The molecule has 1 fully saturated rings. The van der Waals surface area contributed by atoms with Crippen molar-refractivity contribution in [3.05, 3.63) is 66.5 Å². The molecule has 0 bridgehead atoms. The SMILES string of the molecule is Cc1cc2cc(Nc3ccnc(Nc4cccc(O[C@@H]5CCNC5)c4)n3)ccc2[nH]1. The van der Waals surface area contributed by atoms with Crippen molar-refractivity contribution >= 4 is 34.0 Å². The minimum Gasteiger partial charge on any atom is -0.489 e. The molecule has 4 aromatic rings. The second kappa shape index (κ2) is 8.04. The predicted octanol–water partition coefficient (Wildman–Crippen LogP) is 4.49. The molecule has 3 heterocycles. The van der Waals surface area contributed by atoms with E-state index in [4.69, 9.17) is 4.74 Å². The zero-order chi connectivity index (χ0) is 20.3. The molecule has 30 heavy (non-hydrogen) atoms. The number of rotatable bonds is 6. The number of fused-ring (bicyclic) bond motifs is 1. The summed E-state index contributed by atoms with van der Waals surface area (Å²) in [4.78, 5) is 12.3. The van der Waals surface area contributed by atoms with E-state index in [-0.39, 0.29) is 6.10 Å². The van der Waals surface area contributed by atoms with E-state index in [0.717, 1.165) is 53.7 Å². The van der Waals surface area contributed by atoms with Crippen LogP contribution in [0.3, 0.4) is 0 Å². The van der Waals surface area contributed by atoms with Crippen molar-refractivity contribution in [2.75, 3.05) is 23.7 Å².